The van der Waals surface area contributed by atoms with Gasteiger partial charge in [0.05, 0.1) is 17.8 Å². The summed E-state index contributed by atoms with van der Waals surface area (Å²) in [5, 5.41) is 0. The number of ether oxygens (including phenoxy) is 1. The molecule has 2 heterocycles. The number of benzene rings is 1. The van der Waals surface area contributed by atoms with Gasteiger partial charge in [-0.2, -0.15) is 0 Å². The summed E-state index contributed by atoms with van der Waals surface area (Å²) in [4.78, 5) is 6.30. The number of methoxy groups -OCH3 is 1. The van der Waals surface area contributed by atoms with Crippen molar-refractivity contribution in [3.63, 3.8) is 0 Å². The summed E-state index contributed by atoms with van der Waals surface area (Å²) in [7, 11) is -1.66. The maximum absolute atomic E-state index is 12.3. The molecule has 1 aromatic carbocycles. The second-order valence-corrected chi connectivity index (χ2v) is 9.65. The van der Waals surface area contributed by atoms with Crippen LogP contribution in [-0.4, -0.2) is 43.8 Å². The molecular weight excluding hydrogens is 396 g/mol. The van der Waals surface area contributed by atoms with Crippen LogP contribution in [0.2, 0.25) is 0 Å². The number of likely N-dealkylation sites (tertiary alicyclic amines) is 1. The van der Waals surface area contributed by atoms with Crippen LogP contribution in [-0.2, 0) is 16.4 Å². The third-order valence-electron chi connectivity index (χ3n) is 5.73. The first kappa shape index (κ1) is 21.0. The summed E-state index contributed by atoms with van der Waals surface area (Å²) in [6, 6.07) is 9.68. The lowest BCUT2D eigenvalue weighted by Crippen LogP contribution is -2.37. The standard InChI is InChI=1S/C21H26N2O3S.ClH/c1-3-27(24,25)18-7-9-21(26-2)19(13-18)20-8-5-16(22-20)14-23-11-10-15-4-6-17(23)12-15;/h4-9,13,15,17,22H,3,10-12,14H2,1-2H3;1H. The lowest BCUT2D eigenvalue weighted by molar-refractivity contribution is 0.161. The summed E-state index contributed by atoms with van der Waals surface area (Å²) >= 11 is 0. The van der Waals surface area contributed by atoms with Crippen LogP contribution in [0.1, 0.15) is 25.5 Å². The Morgan fingerprint density at radius 1 is 1.21 bits per heavy atom. The van der Waals surface area contributed by atoms with E-state index in [9.17, 15) is 8.42 Å². The molecule has 0 spiro atoms. The molecule has 0 saturated carbocycles. The van der Waals surface area contributed by atoms with E-state index < -0.39 is 9.84 Å². The zero-order valence-corrected chi connectivity index (χ0v) is 17.9. The summed E-state index contributed by atoms with van der Waals surface area (Å²) in [6.07, 6.45) is 7.16. The molecule has 1 N–H and O–H groups in total. The van der Waals surface area contributed by atoms with Gasteiger partial charge in [-0.1, -0.05) is 19.1 Å². The number of rotatable bonds is 6. The Balaban J connectivity index is 0.00000225. The van der Waals surface area contributed by atoms with Crippen molar-refractivity contribution in [2.24, 2.45) is 5.92 Å². The number of hydrogen-bond acceptors (Lipinski definition) is 4. The Kier molecular flexibility index (Phi) is 6.22. The number of sulfone groups is 1. The van der Waals surface area contributed by atoms with Gasteiger partial charge >= 0.3 is 0 Å². The van der Waals surface area contributed by atoms with Crippen molar-refractivity contribution in [2.75, 3.05) is 19.4 Å². The van der Waals surface area contributed by atoms with Crippen molar-refractivity contribution < 1.29 is 13.2 Å². The van der Waals surface area contributed by atoms with Gasteiger partial charge in [-0.25, -0.2) is 8.42 Å². The monoisotopic (exact) mass is 422 g/mol. The number of nitrogens with zero attached hydrogens (tertiary/aromatic N) is 1. The number of nitrogens with one attached hydrogen (secondary N) is 1. The Bertz CT molecular complexity index is 968. The zero-order valence-electron chi connectivity index (χ0n) is 16.2. The first-order valence-corrected chi connectivity index (χ1v) is 11.2. The van der Waals surface area contributed by atoms with Crippen LogP contribution in [0, 0.1) is 5.92 Å². The molecule has 2 atom stereocenters. The minimum absolute atomic E-state index is 0. The molecular formula is C21H27ClN2O3S. The molecule has 2 bridgehead atoms. The van der Waals surface area contributed by atoms with Gasteiger partial charge in [-0.3, -0.25) is 4.90 Å². The molecule has 4 rings (SSSR count). The smallest absolute Gasteiger partial charge is 0.178 e. The number of H-pyrrole nitrogens is 1. The average Bonchev–Trinajstić information content (AvgIpc) is 3.30. The SMILES string of the molecule is CCS(=O)(=O)c1ccc(OC)c(-c2ccc(CN3CCC4C=CC3C4)[nH]2)c1.Cl. The van der Waals surface area contributed by atoms with E-state index in [4.69, 9.17) is 4.74 Å². The van der Waals surface area contributed by atoms with Gasteiger partial charge in [-0.15, -0.1) is 12.4 Å². The topological polar surface area (TPSA) is 62.4 Å². The number of piperidine rings is 1. The zero-order chi connectivity index (χ0) is 19.0. The number of fused-ring (bicyclic) bond motifs is 2. The highest BCUT2D eigenvalue weighted by atomic mass is 35.5. The van der Waals surface area contributed by atoms with Crippen LogP contribution in [0.4, 0.5) is 0 Å². The van der Waals surface area contributed by atoms with E-state index in [1.54, 1.807) is 32.2 Å². The van der Waals surface area contributed by atoms with E-state index in [2.05, 4.69) is 28.1 Å². The molecule has 1 aliphatic heterocycles. The Morgan fingerprint density at radius 3 is 2.79 bits per heavy atom. The van der Waals surface area contributed by atoms with E-state index in [1.165, 1.54) is 12.8 Å². The summed E-state index contributed by atoms with van der Waals surface area (Å²) in [6.45, 7) is 3.65. The second kappa shape index (κ2) is 8.31. The summed E-state index contributed by atoms with van der Waals surface area (Å²) in [5.74, 6) is 1.51. The summed E-state index contributed by atoms with van der Waals surface area (Å²) < 4.78 is 30.0. The largest absolute Gasteiger partial charge is 0.496 e. The van der Waals surface area contributed by atoms with Crippen molar-refractivity contribution in [2.45, 2.75) is 37.2 Å². The van der Waals surface area contributed by atoms with Crippen LogP contribution in [0.25, 0.3) is 11.3 Å². The fourth-order valence-corrected chi connectivity index (χ4v) is 5.00. The minimum atomic E-state index is -3.26. The van der Waals surface area contributed by atoms with Crippen molar-refractivity contribution in [3.05, 3.63) is 48.2 Å². The van der Waals surface area contributed by atoms with Gasteiger partial charge in [0.25, 0.3) is 0 Å². The van der Waals surface area contributed by atoms with Crippen molar-refractivity contribution >= 4 is 22.2 Å². The molecule has 0 amide bonds. The predicted octanol–water partition coefficient (Wildman–Crippen LogP) is 4.06. The van der Waals surface area contributed by atoms with Crippen LogP contribution in [0.15, 0.2) is 47.4 Å². The molecule has 1 fully saturated rings. The van der Waals surface area contributed by atoms with Gasteiger partial charge in [0.1, 0.15) is 5.75 Å². The number of allylic oxidation sites excluding steroid dienone is 1. The molecule has 0 radical (unpaired) electrons. The van der Waals surface area contributed by atoms with Crippen molar-refractivity contribution in [1.29, 1.82) is 0 Å². The Hall–Kier alpha value is -1.76. The molecule has 5 nitrogen and oxygen atoms in total. The van der Waals surface area contributed by atoms with E-state index in [0.29, 0.717) is 16.7 Å². The minimum Gasteiger partial charge on any atom is -0.496 e. The van der Waals surface area contributed by atoms with Gasteiger partial charge in [0, 0.05) is 29.5 Å². The highest BCUT2D eigenvalue weighted by molar-refractivity contribution is 7.91. The van der Waals surface area contributed by atoms with Gasteiger partial charge in [-0.05, 0) is 55.6 Å². The number of aromatic nitrogens is 1. The molecule has 152 valence electrons. The fraction of sp³-hybridized carbons (Fsp3) is 0.429. The van der Waals surface area contributed by atoms with Crippen LogP contribution in [0.3, 0.4) is 0 Å². The number of hydrogen-bond donors (Lipinski definition) is 1. The van der Waals surface area contributed by atoms with Crippen LogP contribution in [0.5, 0.6) is 5.75 Å². The number of halogens is 1. The normalized spacial score (nSPS) is 21.5. The van der Waals surface area contributed by atoms with Crippen LogP contribution < -0.4 is 4.74 Å². The highest BCUT2D eigenvalue weighted by Crippen LogP contribution is 2.34. The third-order valence-corrected chi connectivity index (χ3v) is 7.46. The fourth-order valence-electron chi connectivity index (χ4n) is 4.10. The maximum Gasteiger partial charge on any atom is 0.178 e. The average molecular weight is 423 g/mol. The molecule has 7 heteroatoms. The first-order valence-electron chi connectivity index (χ1n) is 9.51. The van der Waals surface area contributed by atoms with Gasteiger partial charge < -0.3 is 9.72 Å². The summed E-state index contributed by atoms with van der Waals surface area (Å²) in [5.41, 5.74) is 2.79. The first-order chi connectivity index (χ1) is 13.0. The Labute approximate surface area is 173 Å². The molecule has 1 aromatic heterocycles. The van der Waals surface area contributed by atoms with Gasteiger partial charge in [0.15, 0.2) is 9.84 Å². The highest BCUT2D eigenvalue weighted by Gasteiger charge is 2.29. The lowest BCUT2D eigenvalue weighted by atomic mass is 9.98. The van der Waals surface area contributed by atoms with E-state index >= 15 is 0 Å². The molecule has 1 aliphatic carbocycles. The van der Waals surface area contributed by atoms with E-state index in [0.717, 1.165) is 36.0 Å². The van der Waals surface area contributed by atoms with E-state index in [-0.39, 0.29) is 18.2 Å². The predicted molar refractivity (Wildman–Crippen MR) is 114 cm³/mol. The molecule has 2 aliphatic rings. The molecule has 2 aromatic rings. The molecule has 1 saturated heterocycles. The quantitative estimate of drug-likeness (QED) is 0.713. The second-order valence-electron chi connectivity index (χ2n) is 7.37. The van der Waals surface area contributed by atoms with Crippen LogP contribution >= 0.6 is 12.4 Å². The number of aromatic amines is 1. The van der Waals surface area contributed by atoms with Gasteiger partial charge in [0.2, 0.25) is 0 Å². The molecule has 2 unspecified atom stereocenters. The van der Waals surface area contributed by atoms with E-state index in [1.807, 2.05) is 6.07 Å². The third kappa shape index (κ3) is 4.00. The lowest BCUT2D eigenvalue weighted by Gasteiger charge is -2.32. The maximum atomic E-state index is 12.3. The van der Waals surface area contributed by atoms with Crippen molar-refractivity contribution in [1.82, 2.24) is 9.88 Å². The van der Waals surface area contributed by atoms with Crippen molar-refractivity contribution in [3.8, 4) is 17.0 Å². The molecule has 28 heavy (non-hydrogen) atoms. The Morgan fingerprint density at radius 2 is 2.04 bits per heavy atom.